The number of nitrogens with one attached hydrogen (secondary N) is 1. The molecule has 0 radical (unpaired) electrons. The second kappa shape index (κ2) is 5.51. The normalized spacial score (nSPS) is 14.1. The molecule has 0 spiro atoms. The molecular formula is C13H24N2O. The molecule has 16 heavy (non-hydrogen) atoms. The van der Waals surface area contributed by atoms with E-state index in [-0.39, 0.29) is 5.41 Å². The summed E-state index contributed by atoms with van der Waals surface area (Å²) < 4.78 is 5.67. The van der Waals surface area contributed by atoms with Gasteiger partial charge in [-0.15, -0.1) is 0 Å². The van der Waals surface area contributed by atoms with Gasteiger partial charge >= 0.3 is 0 Å². The highest BCUT2D eigenvalue weighted by Gasteiger charge is 2.23. The molecule has 1 heterocycles. The number of rotatable bonds is 6. The van der Waals surface area contributed by atoms with E-state index >= 15 is 0 Å². The fourth-order valence-corrected chi connectivity index (χ4v) is 1.60. The zero-order valence-corrected chi connectivity index (χ0v) is 10.8. The maximum atomic E-state index is 5.67. The van der Waals surface area contributed by atoms with E-state index in [1.54, 1.807) is 0 Å². The van der Waals surface area contributed by atoms with Gasteiger partial charge in [0.15, 0.2) is 0 Å². The molecular weight excluding hydrogens is 200 g/mol. The number of hydrogen-bond donors (Lipinski definition) is 2. The summed E-state index contributed by atoms with van der Waals surface area (Å²) in [5.74, 6) is 2.53. The predicted octanol–water partition coefficient (Wildman–Crippen LogP) is 2.05. The van der Waals surface area contributed by atoms with Gasteiger partial charge in [-0.3, -0.25) is 0 Å². The Morgan fingerprint density at radius 2 is 2.12 bits per heavy atom. The molecule has 0 bridgehead atoms. The number of aryl methyl sites for hydroxylation is 1. The zero-order chi connectivity index (χ0) is 12.2. The van der Waals surface area contributed by atoms with E-state index in [0.717, 1.165) is 31.2 Å². The summed E-state index contributed by atoms with van der Waals surface area (Å²) in [5, 5.41) is 3.44. The summed E-state index contributed by atoms with van der Waals surface area (Å²) in [6.07, 6.45) is 0. The van der Waals surface area contributed by atoms with Crippen molar-refractivity contribution in [1.82, 2.24) is 5.32 Å². The molecule has 0 aliphatic rings. The van der Waals surface area contributed by atoms with Crippen molar-refractivity contribution in [3.05, 3.63) is 23.7 Å². The van der Waals surface area contributed by atoms with Crippen LogP contribution in [0.3, 0.4) is 0 Å². The van der Waals surface area contributed by atoms with Crippen molar-refractivity contribution in [1.29, 1.82) is 0 Å². The third-order valence-corrected chi connectivity index (χ3v) is 2.87. The smallest absolute Gasteiger partial charge is 0.111 e. The minimum Gasteiger partial charge on any atom is -0.466 e. The number of nitrogens with two attached hydrogens (primary N) is 1. The topological polar surface area (TPSA) is 51.2 Å². The van der Waals surface area contributed by atoms with Crippen LogP contribution >= 0.6 is 0 Å². The van der Waals surface area contributed by atoms with Gasteiger partial charge in [0.25, 0.3) is 0 Å². The Hall–Kier alpha value is -0.800. The van der Waals surface area contributed by atoms with Gasteiger partial charge in [0.2, 0.25) is 0 Å². The molecule has 92 valence electrons. The second-order valence-electron chi connectivity index (χ2n) is 5.27. The maximum Gasteiger partial charge on any atom is 0.111 e. The standard InChI is InChI=1S/C13H24N2O/c1-10(7-14)8-15-9-13(3,4)12-6-5-11(2)16-12/h5-6,10,15H,7-9,14H2,1-4H3. The van der Waals surface area contributed by atoms with Crippen LogP contribution in [0.15, 0.2) is 16.5 Å². The summed E-state index contributed by atoms with van der Waals surface area (Å²) in [6.45, 7) is 11.1. The first-order chi connectivity index (χ1) is 7.45. The van der Waals surface area contributed by atoms with E-state index in [2.05, 4.69) is 32.2 Å². The Balaban J connectivity index is 2.46. The Morgan fingerprint density at radius 1 is 1.44 bits per heavy atom. The molecule has 3 nitrogen and oxygen atoms in total. The molecule has 0 saturated heterocycles. The number of hydrogen-bond acceptors (Lipinski definition) is 3. The lowest BCUT2D eigenvalue weighted by Crippen LogP contribution is -2.36. The van der Waals surface area contributed by atoms with Gasteiger partial charge in [0.1, 0.15) is 11.5 Å². The molecule has 3 heteroatoms. The van der Waals surface area contributed by atoms with Crippen LogP contribution in [0.2, 0.25) is 0 Å². The molecule has 0 fully saturated rings. The minimum atomic E-state index is 0.0303. The molecule has 1 rings (SSSR count). The van der Waals surface area contributed by atoms with Crippen LogP contribution in [-0.2, 0) is 5.41 Å². The highest BCUT2D eigenvalue weighted by atomic mass is 16.3. The Bertz CT molecular complexity index is 317. The van der Waals surface area contributed by atoms with E-state index < -0.39 is 0 Å². The average molecular weight is 224 g/mol. The molecule has 0 amide bonds. The monoisotopic (exact) mass is 224 g/mol. The van der Waals surface area contributed by atoms with Gasteiger partial charge < -0.3 is 15.5 Å². The largest absolute Gasteiger partial charge is 0.466 e. The highest BCUT2D eigenvalue weighted by molar-refractivity contribution is 5.15. The lowest BCUT2D eigenvalue weighted by atomic mass is 9.90. The first kappa shape index (κ1) is 13.3. The van der Waals surface area contributed by atoms with Gasteiger partial charge in [-0.2, -0.15) is 0 Å². The third-order valence-electron chi connectivity index (χ3n) is 2.87. The van der Waals surface area contributed by atoms with E-state index in [9.17, 15) is 0 Å². The van der Waals surface area contributed by atoms with Crippen molar-refractivity contribution in [3.63, 3.8) is 0 Å². The molecule has 1 aromatic rings. The fraction of sp³-hybridized carbons (Fsp3) is 0.692. The van der Waals surface area contributed by atoms with E-state index in [0.29, 0.717) is 5.92 Å². The lowest BCUT2D eigenvalue weighted by molar-refractivity contribution is 0.350. The van der Waals surface area contributed by atoms with E-state index in [1.807, 2.05) is 13.0 Å². The maximum absolute atomic E-state index is 5.67. The van der Waals surface area contributed by atoms with Crippen LogP contribution in [0, 0.1) is 12.8 Å². The molecule has 1 aromatic heterocycles. The first-order valence-electron chi connectivity index (χ1n) is 5.93. The van der Waals surface area contributed by atoms with Gasteiger partial charge in [0.05, 0.1) is 0 Å². The zero-order valence-electron chi connectivity index (χ0n) is 10.8. The van der Waals surface area contributed by atoms with Crippen molar-refractivity contribution >= 4 is 0 Å². The summed E-state index contributed by atoms with van der Waals surface area (Å²) in [5.41, 5.74) is 5.61. The second-order valence-corrected chi connectivity index (χ2v) is 5.27. The van der Waals surface area contributed by atoms with Crippen LogP contribution in [0.5, 0.6) is 0 Å². The van der Waals surface area contributed by atoms with Gasteiger partial charge in [0, 0.05) is 12.0 Å². The summed E-state index contributed by atoms with van der Waals surface area (Å²) >= 11 is 0. The van der Waals surface area contributed by atoms with Crippen molar-refractivity contribution in [2.75, 3.05) is 19.6 Å². The predicted molar refractivity (Wildman–Crippen MR) is 67.6 cm³/mol. The lowest BCUT2D eigenvalue weighted by Gasteiger charge is -2.23. The molecule has 1 unspecified atom stereocenters. The molecule has 0 aliphatic heterocycles. The minimum absolute atomic E-state index is 0.0303. The SMILES string of the molecule is Cc1ccc(C(C)(C)CNCC(C)CN)o1. The summed E-state index contributed by atoms with van der Waals surface area (Å²) in [6, 6.07) is 4.07. The first-order valence-corrected chi connectivity index (χ1v) is 5.93. The molecule has 0 aromatic carbocycles. The van der Waals surface area contributed by atoms with Gasteiger partial charge in [-0.1, -0.05) is 20.8 Å². The Morgan fingerprint density at radius 3 is 2.62 bits per heavy atom. The van der Waals surface area contributed by atoms with Crippen molar-refractivity contribution in [3.8, 4) is 0 Å². The summed E-state index contributed by atoms with van der Waals surface area (Å²) in [7, 11) is 0. The van der Waals surface area contributed by atoms with Gasteiger partial charge in [-0.05, 0) is 38.1 Å². The van der Waals surface area contributed by atoms with Crippen LogP contribution < -0.4 is 11.1 Å². The Kier molecular flexibility index (Phi) is 4.56. The highest BCUT2D eigenvalue weighted by Crippen LogP contribution is 2.24. The van der Waals surface area contributed by atoms with Crippen LogP contribution in [0.4, 0.5) is 0 Å². The van der Waals surface area contributed by atoms with E-state index in [1.165, 1.54) is 0 Å². The third kappa shape index (κ3) is 3.65. The quantitative estimate of drug-likeness (QED) is 0.777. The fourth-order valence-electron chi connectivity index (χ4n) is 1.60. The van der Waals surface area contributed by atoms with Crippen LogP contribution in [0.25, 0.3) is 0 Å². The average Bonchev–Trinajstić information content (AvgIpc) is 2.65. The van der Waals surface area contributed by atoms with Crippen molar-refractivity contribution in [2.45, 2.75) is 33.1 Å². The molecule has 0 saturated carbocycles. The molecule has 1 atom stereocenters. The van der Waals surface area contributed by atoms with Crippen molar-refractivity contribution < 1.29 is 4.42 Å². The van der Waals surface area contributed by atoms with Crippen LogP contribution in [0.1, 0.15) is 32.3 Å². The molecule has 3 N–H and O–H groups in total. The molecule has 0 aliphatic carbocycles. The summed E-state index contributed by atoms with van der Waals surface area (Å²) in [4.78, 5) is 0. The van der Waals surface area contributed by atoms with E-state index in [4.69, 9.17) is 10.2 Å². The van der Waals surface area contributed by atoms with Gasteiger partial charge in [-0.25, -0.2) is 0 Å². The number of furan rings is 1. The Labute approximate surface area is 98.4 Å². The van der Waals surface area contributed by atoms with Crippen LogP contribution in [-0.4, -0.2) is 19.6 Å². The van der Waals surface area contributed by atoms with Crippen molar-refractivity contribution in [2.24, 2.45) is 11.7 Å².